The summed E-state index contributed by atoms with van der Waals surface area (Å²) in [4.78, 5) is 12.2. The van der Waals surface area contributed by atoms with E-state index in [2.05, 4.69) is 6.07 Å². The van der Waals surface area contributed by atoms with Crippen molar-refractivity contribution in [2.24, 2.45) is 5.92 Å². The van der Waals surface area contributed by atoms with E-state index < -0.39 is 0 Å². The number of nitrogens with zero attached hydrogens (tertiary/aromatic N) is 2. The lowest BCUT2D eigenvalue weighted by molar-refractivity contribution is 0.292. The Balaban J connectivity index is 2.15. The summed E-state index contributed by atoms with van der Waals surface area (Å²) >= 11 is 0. The second-order valence-corrected chi connectivity index (χ2v) is 4.74. The van der Waals surface area contributed by atoms with Gasteiger partial charge in [-0.15, -0.1) is 0 Å². The molecule has 0 N–H and O–H groups in total. The van der Waals surface area contributed by atoms with Crippen molar-refractivity contribution in [2.45, 2.75) is 20.1 Å². The average molecular weight is 286 g/mol. The summed E-state index contributed by atoms with van der Waals surface area (Å²) < 4.78 is 20.3. The minimum atomic E-state index is -0.369. The van der Waals surface area contributed by atoms with E-state index in [1.807, 2.05) is 0 Å². The Labute approximate surface area is 122 Å². The van der Waals surface area contributed by atoms with Crippen LogP contribution >= 0.6 is 0 Å². The zero-order chi connectivity index (χ0) is 15.2. The highest BCUT2D eigenvalue weighted by atomic mass is 19.1. The molecule has 0 aliphatic rings. The first kappa shape index (κ1) is 14.8. The minimum Gasteiger partial charge on any atom is -0.483 e. The first-order chi connectivity index (χ1) is 10.1. The molecule has 0 spiro atoms. The Morgan fingerprint density at radius 2 is 2.10 bits per heavy atom. The molecule has 0 aliphatic heterocycles. The van der Waals surface area contributed by atoms with Crippen molar-refractivity contribution < 1.29 is 9.13 Å². The molecule has 1 unspecified atom stereocenters. The van der Waals surface area contributed by atoms with E-state index in [4.69, 9.17) is 10.00 Å². The Bertz CT molecular complexity index is 719. The molecule has 1 aromatic heterocycles. The maximum atomic E-state index is 13.5. The number of pyridine rings is 1. The van der Waals surface area contributed by atoms with Gasteiger partial charge in [0.1, 0.15) is 12.4 Å². The Morgan fingerprint density at radius 1 is 1.33 bits per heavy atom. The van der Waals surface area contributed by atoms with Gasteiger partial charge in [0.25, 0.3) is 5.56 Å². The second-order valence-electron chi connectivity index (χ2n) is 4.74. The van der Waals surface area contributed by atoms with Crippen molar-refractivity contribution in [2.75, 3.05) is 0 Å². The highest BCUT2D eigenvalue weighted by Gasteiger charge is 2.08. The number of benzene rings is 1. The lowest BCUT2D eigenvalue weighted by atomic mass is 10.2. The van der Waals surface area contributed by atoms with Crippen LogP contribution in [0.5, 0.6) is 5.75 Å². The zero-order valence-corrected chi connectivity index (χ0v) is 11.6. The van der Waals surface area contributed by atoms with Gasteiger partial charge >= 0.3 is 0 Å². The van der Waals surface area contributed by atoms with Gasteiger partial charge < -0.3 is 9.30 Å². The van der Waals surface area contributed by atoms with Crippen molar-refractivity contribution in [3.05, 3.63) is 64.3 Å². The molecule has 0 amide bonds. The van der Waals surface area contributed by atoms with Crippen LogP contribution < -0.4 is 10.3 Å². The van der Waals surface area contributed by atoms with Crippen LogP contribution in [0.25, 0.3) is 0 Å². The Hall–Kier alpha value is -2.61. The predicted molar refractivity (Wildman–Crippen MR) is 76.2 cm³/mol. The van der Waals surface area contributed by atoms with Gasteiger partial charge in [0.2, 0.25) is 0 Å². The topological polar surface area (TPSA) is 55.0 Å². The molecule has 0 bridgehead atoms. The molecule has 1 heterocycles. The summed E-state index contributed by atoms with van der Waals surface area (Å²) in [6.45, 7) is 2.02. The number of aromatic nitrogens is 1. The molecule has 0 radical (unpaired) electrons. The zero-order valence-electron chi connectivity index (χ0n) is 11.6. The van der Waals surface area contributed by atoms with Crippen molar-refractivity contribution in [1.82, 2.24) is 4.57 Å². The maximum Gasteiger partial charge on any atom is 0.292 e. The average Bonchev–Trinajstić information content (AvgIpc) is 2.49. The molecule has 5 heteroatoms. The SMILES string of the molecule is CC(C#N)Cn1cccc(OCc2ccccc2F)c1=O. The normalized spacial score (nSPS) is 11.7. The second kappa shape index (κ2) is 6.71. The van der Waals surface area contributed by atoms with Gasteiger partial charge in [-0.3, -0.25) is 4.79 Å². The first-order valence-electron chi connectivity index (χ1n) is 6.57. The standard InChI is InChI=1S/C16H15FN2O2/c1-12(9-18)10-19-8-4-7-15(16(19)20)21-11-13-5-2-3-6-14(13)17/h2-8,12H,10-11H2,1H3. The lowest BCUT2D eigenvalue weighted by Gasteiger charge is -2.10. The highest BCUT2D eigenvalue weighted by molar-refractivity contribution is 5.20. The van der Waals surface area contributed by atoms with Crippen molar-refractivity contribution in [3.8, 4) is 11.8 Å². The first-order valence-corrected chi connectivity index (χ1v) is 6.57. The van der Waals surface area contributed by atoms with E-state index in [1.165, 1.54) is 16.7 Å². The van der Waals surface area contributed by atoms with Crippen LogP contribution in [-0.2, 0) is 13.2 Å². The smallest absolute Gasteiger partial charge is 0.292 e. The van der Waals surface area contributed by atoms with Gasteiger partial charge in [0, 0.05) is 18.3 Å². The molecule has 108 valence electrons. The summed E-state index contributed by atoms with van der Waals surface area (Å²) in [5.41, 5.74) is 0.0636. The molecule has 0 saturated heterocycles. The fraction of sp³-hybridized carbons (Fsp3) is 0.250. The molecule has 4 nitrogen and oxygen atoms in total. The molecule has 0 saturated carbocycles. The fourth-order valence-electron chi connectivity index (χ4n) is 1.88. The van der Waals surface area contributed by atoms with E-state index in [1.54, 1.807) is 37.4 Å². The molecular weight excluding hydrogens is 271 g/mol. The van der Waals surface area contributed by atoms with Gasteiger partial charge in [-0.25, -0.2) is 4.39 Å². The van der Waals surface area contributed by atoms with Crippen molar-refractivity contribution in [1.29, 1.82) is 5.26 Å². The van der Waals surface area contributed by atoms with Gasteiger partial charge in [-0.05, 0) is 25.1 Å². The van der Waals surface area contributed by atoms with E-state index >= 15 is 0 Å². The third-order valence-electron chi connectivity index (χ3n) is 3.02. The van der Waals surface area contributed by atoms with Gasteiger partial charge in [0.05, 0.1) is 12.0 Å². The van der Waals surface area contributed by atoms with Crippen molar-refractivity contribution in [3.63, 3.8) is 0 Å². The number of ether oxygens (including phenoxy) is 1. The molecule has 0 aliphatic carbocycles. The summed E-state index contributed by atoms with van der Waals surface area (Å²) in [6.07, 6.45) is 1.60. The van der Waals surface area contributed by atoms with Crippen LogP contribution in [0.3, 0.4) is 0 Å². The van der Waals surface area contributed by atoms with Crippen LogP contribution in [-0.4, -0.2) is 4.57 Å². The molecule has 1 atom stereocenters. The summed E-state index contributed by atoms with van der Waals surface area (Å²) in [7, 11) is 0. The van der Waals surface area contributed by atoms with E-state index in [9.17, 15) is 9.18 Å². The lowest BCUT2D eigenvalue weighted by Crippen LogP contribution is -2.23. The fourth-order valence-corrected chi connectivity index (χ4v) is 1.88. The maximum absolute atomic E-state index is 13.5. The largest absolute Gasteiger partial charge is 0.483 e. The van der Waals surface area contributed by atoms with E-state index in [0.717, 1.165) is 0 Å². The molecule has 2 aromatic rings. The third-order valence-corrected chi connectivity index (χ3v) is 3.02. The molecule has 1 aromatic carbocycles. The van der Waals surface area contributed by atoms with Crippen LogP contribution in [0.4, 0.5) is 4.39 Å². The summed E-state index contributed by atoms with van der Waals surface area (Å²) in [5, 5.41) is 8.80. The minimum absolute atomic E-state index is 0.0142. The van der Waals surface area contributed by atoms with Crippen LogP contribution in [0, 0.1) is 23.1 Å². The number of rotatable bonds is 5. The quantitative estimate of drug-likeness (QED) is 0.849. The monoisotopic (exact) mass is 286 g/mol. The van der Waals surface area contributed by atoms with Crippen LogP contribution in [0.1, 0.15) is 12.5 Å². The Morgan fingerprint density at radius 3 is 2.81 bits per heavy atom. The number of halogens is 1. The highest BCUT2D eigenvalue weighted by Crippen LogP contribution is 2.11. The van der Waals surface area contributed by atoms with E-state index in [0.29, 0.717) is 12.1 Å². The summed E-state index contributed by atoms with van der Waals surface area (Å²) in [6, 6.07) is 11.5. The van der Waals surface area contributed by atoms with Crippen LogP contribution in [0.2, 0.25) is 0 Å². The Kier molecular flexibility index (Phi) is 4.72. The molecule has 2 rings (SSSR count). The van der Waals surface area contributed by atoms with Gasteiger partial charge in [-0.2, -0.15) is 5.26 Å². The third kappa shape index (κ3) is 3.69. The number of hydrogen-bond donors (Lipinski definition) is 0. The molecule has 0 fully saturated rings. The predicted octanol–water partition coefficient (Wildman–Crippen LogP) is 2.73. The molecular formula is C16H15FN2O2. The van der Waals surface area contributed by atoms with Crippen molar-refractivity contribution >= 4 is 0 Å². The number of hydrogen-bond acceptors (Lipinski definition) is 3. The van der Waals surface area contributed by atoms with Crippen LogP contribution in [0.15, 0.2) is 47.4 Å². The van der Waals surface area contributed by atoms with Gasteiger partial charge in [-0.1, -0.05) is 18.2 Å². The number of nitriles is 1. The summed E-state index contributed by atoms with van der Waals surface area (Å²) in [5.74, 6) is -0.498. The van der Waals surface area contributed by atoms with Gasteiger partial charge in [0.15, 0.2) is 5.75 Å². The van der Waals surface area contributed by atoms with E-state index in [-0.39, 0.29) is 29.7 Å². The molecule has 21 heavy (non-hydrogen) atoms.